The molecule has 3 rings (SSSR count). The van der Waals surface area contributed by atoms with Gasteiger partial charge in [-0.05, 0) is 39.0 Å². The standard InChI is InChI=1S/C18H18O6/c1-10(8-9-19)22-17-15(21)14-12(24-18(17,2)3)6-4-11-5-7-13(20)23-16(11)14/h4-9,15,17,21H,1-3H3/t15-,17-/m1/s1. The number of carbonyl (C=O) groups excluding carboxylic acids is 1. The third-order valence-corrected chi connectivity index (χ3v) is 4.04. The number of hydrogen-bond acceptors (Lipinski definition) is 6. The SMILES string of the molecule is CC(=CC=O)O[C@@H]1[C@H](O)c2c(ccc3ccc(=O)oc23)OC1(C)C. The molecule has 2 aromatic rings. The van der Waals surface area contributed by atoms with Crippen molar-refractivity contribution in [1.82, 2.24) is 0 Å². The first-order valence-corrected chi connectivity index (χ1v) is 7.56. The number of rotatable bonds is 3. The number of aldehydes is 1. The Morgan fingerprint density at radius 3 is 2.71 bits per heavy atom. The van der Waals surface area contributed by atoms with Crippen molar-refractivity contribution in [2.75, 3.05) is 0 Å². The highest BCUT2D eigenvalue weighted by atomic mass is 16.6. The first kappa shape index (κ1) is 16.3. The van der Waals surface area contributed by atoms with Crippen LogP contribution in [0.4, 0.5) is 0 Å². The molecule has 0 amide bonds. The molecule has 24 heavy (non-hydrogen) atoms. The van der Waals surface area contributed by atoms with Crippen LogP contribution in [0.3, 0.4) is 0 Å². The quantitative estimate of drug-likeness (QED) is 0.403. The van der Waals surface area contributed by atoms with Crippen molar-refractivity contribution in [1.29, 1.82) is 0 Å². The van der Waals surface area contributed by atoms with Gasteiger partial charge in [0.2, 0.25) is 0 Å². The van der Waals surface area contributed by atoms with Gasteiger partial charge in [0.25, 0.3) is 0 Å². The van der Waals surface area contributed by atoms with Gasteiger partial charge in [-0.1, -0.05) is 0 Å². The zero-order valence-electron chi connectivity index (χ0n) is 13.6. The van der Waals surface area contributed by atoms with Crippen molar-refractivity contribution in [2.24, 2.45) is 0 Å². The van der Waals surface area contributed by atoms with Crippen LogP contribution < -0.4 is 10.4 Å². The van der Waals surface area contributed by atoms with E-state index in [1.54, 1.807) is 39.0 Å². The topological polar surface area (TPSA) is 86.0 Å². The number of aliphatic hydroxyl groups excluding tert-OH is 1. The minimum Gasteiger partial charge on any atom is -0.488 e. The normalized spacial score (nSPS) is 22.6. The largest absolute Gasteiger partial charge is 0.488 e. The Balaban J connectivity index is 2.16. The highest BCUT2D eigenvalue weighted by Gasteiger charge is 2.46. The summed E-state index contributed by atoms with van der Waals surface area (Å²) < 4.78 is 17.0. The second-order valence-electron chi connectivity index (χ2n) is 6.25. The van der Waals surface area contributed by atoms with E-state index < -0.39 is 23.4 Å². The highest BCUT2D eigenvalue weighted by molar-refractivity contribution is 5.83. The molecule has 0 unspecified atom stereocenters. The minimum atomic E-state index is -1.09. The summed E-state index contributed by atoms with van der Waals surface area (Å²) in [5.74, 6) is 0.794. The van der Waals surface area contributed by atoms with Crippen LogP contribution in [0, 0.1) is 0 Å². The molecular formula is C18H18O6. The van der Waals surface area contributed by atoms with Crippen molar-refractivity contribution >= 4 is 17.3 Å². The maximum absolute atomic E-state index is 11.6. The van der Waals surface area contributed by atoms with E-state index in [-0.39, 0.29) is 5.58 Å². The average molecular weight is 330 g/mol. The molecule has 0 saturated carbocycles. The lowest BCUT2D eigenvalue weighted by Gasteiger charge is -2.42. The zero-order valence-corrected chi connectivity index (χ0v) is 13.6. The molecule has 0 radical (unpaired) electrons. The van der Waals surface area contributed by atoms with Crippen LogP contribution in [0.5, 0.6) is 5.75 Å². The van der Waals surface area contributed by atoms with Crippen LogP contribution in [0.1, 0.15) is 32.4 Å². The number of fused-ring (bicyclic) bond motifs is 3. The summed E-state index contributed by atoms with van der Waals surface area (Å²) in [5, 5.41) is 11.6. The van der Waals surface area contributed by atoms with E-state index in [1.165, 1.54) is 12.1 Å². The molecule has 6 heteroatoms. The van der Waals surface area contributed by atoms with Gasteiger partial charge in [0.1, 0.15) is 29.3 Å². The first-order chi connectivity index (χ1) is 11.3. The van der Waals surface area contributed by atoms with Gasteiger partial charge in [0.05, 0.1) is 11.3 Å². The van der Waals surface area contributed by atoms with Gasteiger partial charge in [-0.3, -0.25) is 4.79 Å². The van der Waals surface area contributed by atoms with E-state index in [1.807, 2.05) is 0 Å². The second-order valence-corrected chi connectivity index (χ2v) is 6.25. The smallest absolute Gasteiger partial charge is 0.336 e. The lowest BCUT2D eigenvalue weighted by atomic mass is 9.87. The predicted molar refractivity (Wildman–Crippen MR) is 86.8 cm³/mol. The summed E-state index contributed by atoms with van der Waals surface area (Å²) >= 11 is 0. The van der Waals surface area contributed by atoms with E-state index in [9.17, 15) is 14.7 Å². The van der Waals surface area contributed by atoms with E-state index >= 15 is 0 Å². The van der Waals surface area contributed by atoms with Crippen LogP contribution in [0.15, 0.2) is 45.3 Å². The van der Waals surface area contributed by atoms with Gasteiger partial charge in [-0.2, -0.15) is 0 Å². The Kier molecular flexibility index (Phi) is 3.93. The summed E-state index contributed by atoms with van der Waals surface area (Å²) in [6, 6.07) is 6.44. The lowest BCUT2D eigenvalue weighted by molar-refractivity contribution is -0.124. The summed E-state index contributed by atoms with van der Waals surface area (Å²) in [5.41, 5.74) is -0.725. The predicted octanol–water partition coefficient (Wildman–Crippen LogP) is 2.49. The number of carbonyl (C=O) groups is 1. The monoisotopic (exact) mass is 330 g/mol. The van der Waals surface area contributed by atoms with Crippen LogP contribution in [0.25, 0.3) is 11.0 Å². The van der Waals surface area contributed by atoms with Gasteiger partial charge < -0.3 is 19.0 Å². The van der Waals surface area contributed by atoms with Gasteiger partial charge in [-0.15, -0.1) is 0 Å². The molecule has 0 fully saturated rings. The summed E-state index contributed by atoms with van der Waals surface area (Å²) in [4.78, 5) is 22.2. The molecule has 1 N–H and O–H groups in total. The van der Waals surface area contributed by atoms with Gasteiger partial charge in [0, 0.05) is 17.5 Å². The molecule has 2 atom stereocenters. The molecule has 0 aliphatic carbocycles. The van der Waals surface area contributed by atoms with Crippen LogP contribution in [-0.4, -0.2) is 23.1 Å². The Bertz CT molecular complexity index is 877. The number of ether oxygens (including phenoxy) is 2. The molecule has 6 nitrogen and oxygen atoms in total. The van der Waals surface area contributed by atoms with Crippen molar-refractivity contribution in [3.8, 4) is 5.75 Å². The third kappa shape index (κ3) is 2.69. The molecule has 0 bridgehead atoms. The highest BCUT2D eigenvalue weighted by Crippen LogP contribution is 2.44. The van der Waals surface area contributed by atoms with Crippen LogP contribution >= 0.6 is 0 Å². The number of hydrogen-bond donors (Lipinski definition) is 1. The van der Waals surface area contributed by atoms with Gasteiger partial charge >= 0.3 is 5.63 Å². The van der Waals surface area contributed by atoms with Gasteiger partial charge in [0.15, 0.2) is 6.10 Å². The van der Waals surface area contributed by atoms with Gasteiger partial charge in [-0.25, -0.2) is 4.79 Å². The molecule has 2 heterocycles. The number of benzene rings is 1. The molecule has 0 spiro atoms. The molecule has 1 aliphatic heterocycles. The Hall–Kier alpha value is -2.60. The fraction of sp³-hybridized carbons (Fsp3) is 0.333. The Morgan fingerprint density at radius 1 is 1.29 bits per heavy atom. The first-order valence-electron chi connectivity index (χ1n) is 7.56. The van der Waals surface area contributed by atoms with Crippen LogP contribution in [0.2, 0.25) is 0 Å². The maximum atomic E-state index is 11.6. The van der Waals surface area contributed by atoms with Crippen molar-refractivity contribution in [2.45, 2.75) is 38.6 Å². The van der Waals surface area contributed by atoms with E-state index in [0.29, 0.717) is 28.7 Å². The second kappa shape index (κ2) is 5.79. The number of allylic oxidation sites excluding steroid dienone is 2. The number of aliphatic hydroxyl groups is 1. The minimum absolute atomic E-state index is 0.272. The lowest BCUT2D eigenvalue weighted by Crippen LogP contribution is -2.50. The average Bonchev–Trinajstić information content (AvgIpc) is 2.50. The van der Waals surface area contributed by atoms with E-state index in [2.05, 4.69) is 0 Å². The molecule has 1 aliphatic rings. The fourth-order valence-electron chi connectivity index (χ4n) is 2.92. The van der Waals surface area contributed by atoms with Crippen molar-refractivity contribution < 1.29 is 23.8 Å². The molecular weight excluding hydrogens is 312 g/mol. The fourth-order valence-corrected chi connectivity index (χ4v) is 2.92. The summed E-state index contributed by atoms with van der Waals surface area (Å²) in [7, 11) is 0. The van der Waals surface area contributed by atoms with Crippen molar-refractivity contribution in [3.63, 3.8) is 0 Å². The van der Waals surface area contributed by atoms with E-state index in [0.717, 1.165) is 0 Å². The van der Waals surface area contributed by atoms with Crippen LogP contribution in [-0.2, 0) is 9.53 Å². The molecule has 126 valence electrons. The molecule has 1 aromatic carbocycles. The summed E-state index contributed by atoms with van der Waals surface area (Å²) in [6.45, 7) is 5.18. The van der Waals surface area contributed by atoms with Crippen molar-refractivity contribution in [3.05, 3.63) is 52.1 Å². The Morgan fingerprint density at radius 2 is 2.00 bits per heavy atom. The molecule has 1 aromatic heterocycles. The third-order valence-electron chi connectivity index (χ3n) is 4.04. The summed E-state index contributed by atoms with van der Waals surface area (Å²) in [6.07, 6.45) is 0.00722. The Labute approximate surface area is 138 Å². The molecule has 0 saturated heterocycles. The zero-order chi connectivity index (χ0) is 17.5. The van der Waals surface area contributed by atoms with E-state index in [4.69, 9.17) is 13.9 Å². The maximum Gasteiger partial charge on any atom is 0.336 e.